The molecule has 0 saturated carbocycles. The molecule has 0 bridgehead atoms. The number of methoxy groups -OCH3 is 1. The molecule has 0 saturated heterocycles. The van der Waals surface area contributed by atoms with Crippen LogP contribution in [-0.4, -0.2) is 16.9 Å². The first-order chi connectivity index (χ1) is 8.11. The van der Waals surface area contributed by atoms with Gasteiger partial charge in [0, 0.05) is 5.69 Å². The van der Waals surface area contributed by atoms with Gasteiger partial charge in [-0.25, -0.2) is 4.68 Å². The summed E-state index contributed by atoms with van der Waals surface area (Å²) in [5, 5.41) is 4.61. The fourth-order valence-electron chi connectivity index (χ4n) is 1.77. The van der Waals surface area contributed by atoms with E-state index in [1.807, 2.05) is 28.9 Å². The summed E-state index contributed by atoms with van der Waals surface area (Å²) in [6.45, 7) is 6.38. The Labute approximate surface area is 102 Å². The Morgan fingerprint density at radius 3 is 2.29 bits per heavy atom. The third kappa shape index (κ3) is 2.33. The van der Waals surface area contributed by atoms with Gasteiger partial charge in [0.25, 0.3) is 0 Å². The van der Waals surface area contributed by atoms with Gasteiger partial charge >= 0.3 is 0 Å². The van der Waals surface area contributed by atoms with Gasteiger partial charge in [-0.05, 0) is 43.2 Å². The van der Waals surface area contributed by atoms with Crippen molar-refractivity contribution in [2.24, 2.45) is 0 Å². The number of hydrogen-bond acceptors (Lipinski definition) is 2. The zero-order valence-electron chi connectivity index (χ0n) is 10.8. The highest BCUT2D eigenvalue weighted by atomic mass is 16.5. The van der Waals surface area contributed by atoms with Crippen LogP contribution in [0, 0.1) is 6.92 Å². The van der Waals surface area contributed by atoms with Crippen LogP contribution in [0.5, 0.6) is 5.75 Å². The summed E-state index contributed by atoms with van der Waals surface area (Å²) in [6.07, 6.45) is 0. The van der Waals surface area contributed by atoms with Crippen molar-refractivity contribution in [3.05, 3.63) is 41.7 Å². The van der Waals surface area contributed by atoms with Crippen molar-refractivity contribution in [2.75, 3.05) is 7.11 Å². The van der Waals surface area contributed by atoms with Gasteiger partial charge in [0.2, 0.25) is 0 Å². The Kier molecular flexibility index (Phi) is 3.18. The van der Waals surface area contributed by atoms with E-state index in [0.717, 1.165) is 22.8 Å². The number of rotatable bonds is 3. The highest BCUT2D eigenvalue weighted by molar-refractivity contribution is 5.38. The molecule has 1 aromatic heterocycles. The summed E-state index contributed by atoms with van der Waals surface area (Å²) >= 11 is 0. The molecule has 0 amide bonds. The minimum Gasteiger partial charge on any atom is -0.497 e. The second-order valence-electron chi connectivity index (χ2n) is 4.48. The molecule has 3 heteroatoms. The Bertz CT molecular complexity index is 497. The second-order valence-corrected chi connectivity index (χ2v) is 4.48. The molecule has 1 heterocycles. The van der Waals surface area contributed by atoms with E-state index in [1.165, 1.54) is 0 Å². The quantitative estimate of drug-likeness (QED) is 0.808. The topological polar surface area (TPSA) is 27.1 Å². The molecule has 2 aromatic rings. The molecule has 0 aliphatic carbocycles. The van der Waals surface area contributed by atoms with Crippen molar-refractivity contribution in [3.8, 4) is 11.4 Å². The predicted molar refractivity (Wildman–Crippen MR) is 68.9 cm³/mol. The number of ether oxygens (including phenoxy) is 1. The van der Waals surface area contributed by atoms with Crippen LogP contribution in [-0.2, 0) is 0 Å². The van der Waals surface area contributed by atoms with Gasteiger partial charge in [-0.2, -0.15) is 5.10 Å². The van der Waals surface area contributed by atoms with Crippen LogP contribution in [0.1, 0.15) is 31.2 Å². The van der Waals surface area contributed by atoms with Crippen molar-refractivity contribution >= 4 is 0 Å². The average Bonchev–Trinajstić information content (AvgIpc) is 2.72. The Morgan fingerprint density at radius 2 is 1.82 bits per heavy atom. The maximum atomic E-state index is 5.15. The average molecular weight is 230 g/mol. The minimum absolute atomic E-state index is 0.452. The van der Waals surface area contributed by atoms with Gasteiger partial charge in [-0.15, -0.1) is 0 Å². The van der Waals surface area contributed by atoms with Crippen LogP contribution in [0.4, 0.5) is 0 Å². The third-order valence-electron chi connectivity index (χ3n) is 2.81. The van der Waals surface area contributed by atoms with Gasteiger partial charge in [0.1, 0.15) is 5.75 Å². The van der Waals surface area contributed by atoms with Crippen LogP contribution >= 0.6 is 0 Å². The summed E-state index contributed by atoms with van der Waals surface area (Å²) in [4.78, 5) is 0. The Hall–Kier alpha value is -1.77. The molecule has 0 radical (unpaired) electrons. The Morgan fingerprint density at radius 1 is 1.18 bits per heavy atom. The zero-order chi connectivity index (χ0) is 12.4. The molecule has 90 valence electrons. The van der Waals surface area contributed by atoms with Gasteiger partial charge in [0.05, 0.1) is 18.5 Å². The van der Waals surface area contributed by atoms with E-state index < -0.39 is 0 Å². The first kappa shape index (κ1) is 11.7. The van der Waals surface area contributed by atoms with E-state index in [4.69, 9.17) is 4.74 Å². The monoisotopic (exact) mass is 230 g/mol. The molecule has 0 N–H and O–H groups in total. The smallest absolute Gasteiger partial charge is 0.119 e. The number of benzene rings is 1. The largest absolute Gasteiger partial charge is 0.497 e. The first-order valence-corrected chi connectivity index (χ1v) is 5.83. The molecule has 0 spiro atoms. The van der Waals surface area contributed by atoms with Crippen molar-refractivity contribution < 1.29 is 4.74 Å². The molecule has 3 nitrogen and oxygen atoms in total. The lowest BCUT2D eigenvalue weighted by Gasteiger charge is -2.05. The van der Waals surface area contributed by atoms with E-state index in [-0.39, 0.29) is 0 Å². The van der Waals surface area contributed by atoms with Crippen molar-refractivity contribution in [1.82, 2.24) is 9.78 Å². The summed E-state index contributed by atoms with van der Waals surface area (Å²) in [5.74, 6) is 1.32. The molecule has 0 fully saturated rings. The van der Waals surface area contributed by atoms with Crippen molar-refractivity contribution in [1.29, 1.82) is 0 Å². The van der Waals surface area contributed by atoms with Gasteiger partial charge in [-0.1, -0.05) is 13.8 Å². The maximum Gasteiger partial charge on any atom is 0.119 e. The summed E-state index contributed by atoms with van der Waals surface area (Å²) in [5.41, 5.74) is 3.34. The number of hydrogen-bond donors (Lipinski definition) is 0. The van der Waals surface area contributed by atoms with Gasteiger partial charge in [0.15, 0.2) is 0 Å². The molecular formula is C14H18N2O. The number of nitrogens with zero attached hydrogens (tertiary/aromatic N) is 2. The lowest BCUT2D eigenvalue weighted by Crippen LogP contribution is -1.99. The molecule has 17 heavy (non-hydrogen) atoms. The summed E-state index contributed by atoms with van der Waals surface area (Å²) in [7, 11) is 1.67. The summed E-state index contributed by atoms with van der Waals surface area (Å²) in [6, 6.07) is 10.1. The first-order valence-electron chi connectivity index (χ1n) is 5.83. The van der Waals surface area contributed by atoms with E-state index in [1.54, 1.807) is 7.11 Å². The maximum absolute atomic E-state index is 5.15. The van der Waals surface area contributed by atoms with Crippen molar-refractivity contribution in [3.63, 3.8) is 0 Å². The van der Waals surface area contributed by atoms with Crippen LogP contribution in [0.15, 0.2) is 30.3 Å². The Balaban J connectivity index is 2.38. The van der Waals surface area contributed by atoms with Crippen LogP contribution < -0.4 is 4.74 Å². The fourth-order valence-corrected chi connectivity index (χ4v) is 1.77. The standard InChI is InChI=1S/C14H18N2O/c1-10(2)14-9-11(3)16(15-14)12-5-7-13(17-4)8-6-12/h5-10H,1-4H3. The SMILES string of the molecule is COc1ccc(-n2nc(C(C)C)cc2C)cc1. The van der Waals surface area contributed by atoms with E-state index in [2.05, 4.69) is 31.9 Å². The van der Waals surface area contributed by atoms with Crippen LogP contribution in [0.2, 0.25) is 0 Å². The molecule has 0 unspecified atom stereocenters. The van der Waals surface area contributed by atoms with Gasteiger partial charge in [-0.3, -0.25) is 0 Å². The fraction of sp³-hybridized carbons (Fsp3) is 0.357. The normalized spacial score (nSPS) is 10.9. The molecular weight excluding hydrogens is 212 g/mol. The minimum atomic E-state index is 0.452. The van der Waals surface area contributed by atoms with E-state index in [9.17, 15) is 0 Å². The molecule has 1 aromatic carbocycles. The lowest BCUT2D eigenvalue weighted by atomic mass is 10.1. The second kappa shape index (κ2) is 4.62. The highest BCUT2D eigenvalue weighted by Gasteiger charge is 2.08. The van der Waals surface area contributed by atoms with E-state index in [0.29, 0.717) is 5.92 Å². The predicted octanol–water partition coefficient (Wildman–Crippen LogP) is 3.31. The van der Waals surface area contributed by atoms with Crippen LogP contribution in [0.3, 0.4) is 0 Å². The van der Waals surface area contributed by atoms with Gasteiger partial charge < -0.3 is 4.74 Å². The zero-order valence-corrected chi connectivity index (χ0v) is 10.8. The molecule has 0 atom stereocenters. The summed E-state index contributed by atoms with van der Waals surface area (Å²) < 4.78 is 7.12. The van der Waals surface area contributed by atoms with Crippen LogP contribution in [0.25, 0.3) is 5.69 Å². The highest BCUT2D eigenvalue weighted by Crippen LogP contribution is 2.19. The number of aryl methyl sites for hydroxylation is 1. The number of aromatic nitrogens is 2. The van der Waals surface area contributed by atoms with Crippen molar-refractivity contribution in [2.45, 2.75) is 26.7 Å². The lowest BCUT2D eigenvalue weighted by molar-refractivity contribution is 0.414. The molecule has 0 aliphatic heterocycles. The molecule has 0 aliphatic rings. The van der Waals surface area contributed by atoms with E-state index >= 15 is 0 Å². The third-order valence-corrected chi connectivity index (χ3v) is 2.81. The molecule has 2 rings (SSSR count).